The number of hydrogen-bond donors (Lipinski definition) is 0. The van der Waals surface area contributed by atoms with Crippen LogP contribution >= 0.6 is 0 Å². The average molecular weight is 120 g/mol. The van der Waals surface area contributed by atoms with Crippen molar-refractivity contribution in [3.63, 3.8) is 0 Å². The lowest BCUT2D eigenvalue weighted by molar-refractivity contribution is 0.405. The molecule has 0 rings (SSSR count). The van der Waals surface area contributed by atoms with E-state index in [2.05, 4.69) is 4.43 Å². The molecule has 4 heteroatoms. The predicted octanol–water partition coefficient (Wildman–Crippen LogP) is -1.13. The molecule has 0 aliphatic rings. The fraction of sp³-hybridized carbons (Fsp3) is 1.00. The van der Waals surface area contributed by atoms with Crippen molar-refractivity contribution in [2.45, 2.75) is 6.55 Å². The first-order chi connectivity index (χ1) is 2.77. The molecule has 0 saturated carbocycles. The van der Waals surface area contributed by atoms with E-state index in [9.17, 15) is 4.46 Å². The minimum atomic E-state index is -1.32. The van der Waals surface area contributed by atoms with Crippen LogP contribution in [0.3, 0.4) is 0 Å². The van der Waals surface area contributed by atoms with E-state index in [0.29, 0.717) is 16.7 Å². The third-order valence-electron chi connectivity index (χ3n) is 0.348. The summed E-state index contributed by atoms with van der Waals surface area (Å²) in [6, 6.07) is 0. The van der Waals surface area contributed by atoms with Gasteiger partial charge >= 0.3 is 0 Å². The van der Waals surface area contributed by atoms with E-state index < -0.39 is 8.68 Å². The molecule has 36 valence electrons. The lowest BCUT2D eigenvalue weighted by atomic mass is 11.7. The van der Waals surface area contributed by atoms with Crippen molar-refractivity contribution in [2.75, 3.05) is 6.23 Å². The van der Waals surface area contributed by atoms with Gasteiger partial charge in [-0.1, -0.05) is 0 Å². The second-order valence-electron chi connectivity index (χ2n) is 1.14. The summed E-state index contributed by atoms with van der Waals surface area (Å²) < 4.78 is 14.8. The van der Waals surface area contributed by atoms with Crippen molar-refractivity contribution < 1.29 is 8.89 Å². The van der Waals surface area contributed by atoms with Crippen LogP contribution in [0.25, 0.3) is 0 Å². The van der Waals surface area contributed by atoms with Gasteiger partial charge in [-0.15, -0.1) is 0 Å². The summed E-state index contributed by atoms with van der Waals surface area (Å²) in [6.07, 6.45) is 0.483. The standard InChI is InChI=1S/C2H8O2Si2/c1-6(3)2-4-5/h2H2,1,5H3. The summed E-state index contributed by atoms with van der Waals surface area (Å²) in [5.41, 5.74) is 0. The zero-order valence-corrected chi connectivity index (χ0v) is 7.02. The molecule has 0 saturated heterocycles. The largest absolute Gasteiger partial charge is 0.424 e. The Morgan fingerprint density at radius 2 is 2.50 bits per heavy atom. The van der Waals surface area contributed by atoms with Crippen LogP contribution in [-0.4, -0.2) is 25.4 Å². The second kappa shape index (κ2) is 3.39. The van der Waals surface area contributed by atoms with E-state index in [-0.39, 0.29) is 0 Å². The molecule has 0 unspecified atom stereocenters. The quantitative estimate of drug-likeness (QED) is 0.431. The van der Waals surface area contributed by atoms with E-state index in [1.807, 2.05) is 0 Å². The summed E-state index contributed by atoms with van der Waals surface area (Å²) in [5.74, 6) is 0. The van der Waals surface area contributed by atoms with Crippen LogP contribution in [0.4, 0.5) is 0 Å². The van der Waals surface area contributed by atoms with Crippen molar-refractivity contribution in [3.8, 4) is 0 Å². The first-order valence-electron chi connectivity index (χ1n) is 1.75. The molecule has 0 N–H and O–H groups in total. The van der Waals surface area contributed by atoms with Gasteiger partial charge in [0.25, 0.3) is 8.68 Å². The van der Waals surface area contributed by atoms with Crippen molar-refractivity contribution in [2.24, 2.45) is 0 Å². The summed E-state index contributed by atoms with van der Waals surface area (Å²) in [6.45, 7) is 1.70. The van der Waals surface area contributed by atoms with E-state index in [1.54, 1.807) is 6.55 Å². The Bertz CT molecular complexity index is 53.5. The molecular weight excluding hydrogens is 112 g/mol. The van der Waals surface area contributed by atoms with Gasteiger partial charge in [0, 0.05) is 0 Å². The maximum atomic E-state index is 10.1. The van der Waals surface area contributed by atoms with Gasteiger partial charge in [0.05, 0.1) is 6.23 Å². The maximum Gasteiger partial charge on any atom is 0.298 e. The van der Waals surface area contributed by atoms with Gasteiger partial charge in [-0.05, 0) is 6.55 Å². The monoisotopic (exact) mass is 120 g/mol. The summed E-state index contributed by atoms with van der Waals surface area (Å²) in [5, 5.41) is 0. The van der Waals surface area contributed by atoms with Crippen molar-refractivity contribution in [1.82, 2.24) is 0 Å². The van der Waals surface area contributed by atoms with Crippen molar-refractivity contribution >= 4 is 19.2 Å². The molecule has 6 heavy (non-hydrogen) atoms. The Labute approximate surface area is 41.7 Å². The second-order valence-corrected chi connectivity index (χ2v) is 3.41. The zero-order chi connectivity index (χ0) is 4.99. The molecule has 0 aromatic rings. The van der Waals surface area contributed by atoms with Crippen LogP contribution in [0.15, 0.2) is 0 Å². The van der Waals surface area contributed by atoms with Gasteiger partial charge in [0.2, 0.25) is 0 Å². The molecule has 0 bridgehead atoms. The number of hydrogen-bond acceptors (Lipinski definition) is 2. The topological polar surface area (TPSA) is 26.3 Å². The Morgan fingerprint density at radius 3 is 2.50 bits per heavy atom. The molecule has 0 aromatic heterocycles. The van der Waals surface area contributed by atoms with Gasteiger partial charge < -0.3 is 8.89 Å². The van der Waals surface area contributed by atoms with Gasteiger partial charge in [-0.3, -0.25) is 0 Å². The minimum Gasteiger partial charge on any atom is -0.424 e. The van der Waals surface area contributed by atoms with Crippen molar-refractivity contribution in [3.05, 3.63) is 0 Å². The lowest BCUT2D eigenvalue weighted by Gasteiger charge is -1.83. The SMILES string of the molecule is C[Si](=O)CO[SiH3]. The molecule has 0 radical (unpaired) electrons. The third-order valence-corrected chi connectivity index (χ3v) is 1.91. The predicted molar refractivity (Wildman–Crippen MR) is 28.2 cm³/mol. The molecule has 0 aliphatic carbocycles. The van der Waals surface area contributed by atoms with Crippen LogP contribution in [0, 0.1) is 0 Å². The fourth-order valence-corrected chi connectivity index (χ4v) is 1.83. The normalized spacial score (nSPS) is 8.83. The highest BCUT2D eigenvalue weighted by atomic mass is 28.3. The van der Waals surface area contributed by atoms with Crippen LogP contribution in [-0.2, 0) is 8.89 Å². The van der Waals surface area contributed by atoms with Gasteiger partial charge in [0.15, 0.2) is 0 Å². The van der Waals surface area contributed by atoms with E-state index >= 15 is 0 Å². The maximum absolute atomic E-state index is 10.1. The Balaban J connectivity index is 2.83. The first-order valence-corrected chi connectivity index (χ1v) is 4.69. The molecule has 0 spiro atoms. The van der Waals surface area contributed by atoms with Gasteiger partial charge in [-0.2, -0.15) is 0 Å². The zero-order valence-electron chi connectivity index (χ0n) is 4.02. The van der Waals surface area contributed by atoms with Crippen LogP contribution in [0.5, 0.6) is 0 Å². The molecule has 0 amide bonds. The smallest absolute Gasteiger partial charge is 0.298 e. The molecule has 0 aromatic carbocycles. The molecule has 0 aliphatic heterocycles. The highest BCUT2D eigenvalue weighted by molar-refractivity contribution is 6.41. The van der Waals surface area contributed by atoms with E-state index in [0.717, 1.165) is 0 Å². The first kappa shape index (κ1) is 6.19. The Kier molecular flexibility index (Phi) is 3.50. The molecule has 2 nitrogen and oxygen atoms in total. The molecule has 0 atom stereocenters. The van der Waals surface area contributed by atoms with Crippen molar-refractivity contribution in [1.29, 1.82) is 0 Å². The fourth-order valence-electron chi connectivity index (χ4n) is 0.203. The minimum absolute atomic E-state index is 0.483. The van der Waals surface area contributed by atoms with Crippen LogP contribution in [0.2, 0.25) is 6.55 Å². The molecule has 0 heterocycles. The van der Waals surface area contributed by atoms with Gasteiger partial charge in [-0.25, -0.2) is 0 Å². The summed E-state index contributed by atoms with van der Waals surface area (Å²) in [4.78, 5) is 0. The highest BCUT2D eigenvalue weighted by Gasteiger charge is 1.87. The summed E-state index contributed by atoms with van der Waals surface area (Å²) in [7, 11) is -0.611. The molecular formula is C2H8O2Si2. The summed E-state index contributed by atoms with van der Waals surface area (Å²) >= 11 is 0. The average Bonchev–Trinajstić information content (AvgIpc) is 1.35. The van der Waals surface area contributed by atoms with E-state index in [1.165, 1.54) is 0 Å². The highest BCUT2D eigenvalue weighted by Crippen LogP contribution is 1.63. The molecule has 0 fully saturated rings. The van der Waals surface area contributed by atoms with E-state index in [4.69, 9.17) is 0 Å². The lowest BCUT2D eigenvalue weighted by Crippen LogP contribution is -2.02. The van der Waals surface area contributed by atoms with Crippen LogP contribution < -0.4 is 0 Å². The van der Waals surface area contributed by atoms with Crippen LogP contribution in [0.1, 0.15) is 0 Å². The Hall–Kier alpha value is 0.194. The Morgan fingerprint density at radius 1 is 2.00 bits per heavy atom. The number of rotatable bonds is 2. The van der Waals surface area contributed by atoms with Gasteiger partial charge in [0.1, 0.15) is 10.5 Å². The third kappa shape index (κ3) is 4.19.